The van der Waals surface area contributed by atoms with Crippen molar-refractivity contribution < 1.29 is 18.5 Å². The van der Waals surface area contributed by atoms with Crippen molar-refractivity contribution >= 4 is 11.5 Å². The SMILES string of the molecule is CN=C(NOC)c1cccc(C)c1CO/N=C(\C)c1cccc(C(F)F)n1. The van der Waals surface area contributed by atoms with Crippen LogP contribution in [-0.2, 0) is 16.3 Å². The lowest BCUT2D eigenvalue weighted by Crippen LogP contribution is -2.24. The van der Waals surface area contributed by atoms with Gasteiger partial charge in [0.2, 0.25) is 0 Å². The third-order valence-electron chi connectivity index (χ3n) is 3.86. The van der Waals surface area contributed by atoms with Gasteiger partial charge < -0.3 is 4.84 Å². The fourth-order valence-corrected chi connectivity index (χ4v) is 2.45. The van der Waals surface area contributed by atoms with E-state index in [1.165, 1.54) is 19.2 Å². The Bertz CT molecular complexity index is 838. The van der Waals surface area contributed by atoms with Gasteiger partial charge in [0.05, 0.1) is 12.8 Å². The molecule has 0 radical (unpaired) electrons. The number of rotatable bonds is 7. The zero-order valence-electron chi connectivity index (χ0n) is 15.7. The number of hydrogen-bond donors (Lipinski definition) is 1. The predicted octanol–water partition coefficient (Wildman–Crippen LogP) is 3.80. The molecule has 1 N–H and O–H groups in total. The molecule has 0 atom stereocenters. The summed E-state index contributed by atoms with van der Waals surface area (Å²) in [6.07, 6.45) is -2.63. The monoisotopic (exact) mass is 376 g/mol. The number of aryl methyl sites for hydroxylation is 1. The molecule has 0 aliphatic rings. The lowest BCUT2D eigenvalue weighted by atomic mass is 10.0. The Labute approximate surface area is 156 Å². The second kappa shape index (κ2) is 9.72. The minimum Gasteiger partial charge on any atom is -0.391 e. The van der Waals surface area contributed by atoms with E-state index in [0.717, 1.165) is 16.7 Å². The first-order valence-electron chi connectivity index (χ1n) is 8.24. The summed E-state index contributed by atoms with van der Waals surface area (Å²) >= 11 is 0. The summed E-state index contributed by atoms with van der Waals surface area (Å²) in [5, 5.41) is 4.02. The number of nitrogens with zero attached hydrogens (tertiary/aromatic N) is 3. The van der Waals surface area contributed by atoms with Crippen molar-refractivity contribution in [1.82, 2.24) is 10.5 Å². The molecular formula is C19H22F2N4O2. The van der Waals surface area contributed by atoms with Crippen LogP contribution in [0, 0.1) is 6.92 Å². The molecular weight excluding hydrogens is 354 g/mol. The first-order chi connectivity index (χ1) is 13.0. The van der Waals surface area contributed by atoms with E-state index in [-0.39, 0.29) is 12.3 Å². The summed E-state index contributed by atoms with van der Waals surface area (Å²) in [7, 11) is 3.16. The fraction of sp³-hybridized carbons (Fsp3) is 0.316. The normalized spacial score (nSPS) is 12.4. The average molecular weight is 376 g/mol. The summed E-state index contributed by atoms with van der Waals surface area (Å²) in [5.74, 6) is 0.562. The van der Waals surface area contributed by atoms with Crippen LogP contribution >= 0.6 is 0 Å². The molecule has 0 saturated heterocycles. The predicted molar refractivity (Wildman–Crippen MR) is 100.0 cm³/mol. The van der Waals surface area contributed by atoms with Gasteiger partial charge in [-0.2, -0.15) is 0 Å². The van der Waals surface area contributed by atoms with Crippen LogP contribution in [0.3, 0.4) is 0 Å². The van der Waals surface area contributed by atoms with Crippen molar-refractivity contribution in [3.8, 4) is 0 Å². The number of aromatic nitrogens is 1. The van der Waals surface area contributed by atoms with Crippen molar-refractivity contribution in [2.45, 2.75) is 26.9 Å². The molecule has 0 saturated carbocycles. The van der Waals surface area contributed by atoms with E-state index >= 15 is 0 Å². The van der Waals surface area contributed by atoms with Gasteiger partial charge >= 0.3 is 0 Å². The molecule has 0 spiro atoms. The van der Waals surface area contributed by atoms with Crippen LogP contribution < -0.4 is 5.48 Å². The van der Waals surface area contributed by atoms with E-state index in [0.29, 0.717) is 17.2 Å². The van der Waals surface area contributed by atoms with Crippen molar-refractivity contribution in [3.63, 3.8) is 0 Å². The molecule has 0 aliphatic carbocycles. The summed E-state index contributed by atoms with van der Waals surface area (Å²) in [6, 6.07) is 10.2. The summed E-state index contributed by atoms with van der Waals surface area (Å²) < 4.78 is 25.6. The maximum atomic E-state index is 12.8. The van der Waals surface area contributed by atoms with E-state index in [9.17, 15) is 8.78 Å². The number of benzene rings is 1. The average Bonchev–Trinajstić information content (AvgIpc) is 2.67. The molecule has 8 heteroatoms. The molecule has 1 aromatic heterocycles. The molecule has 144 valence electrons. The first kappa shape index (κ1) is 20.4. The number of alkyl halides is 2. The van der Waals surface area contributed by atoms with Crippen molar-refractivity contribution in [3.05, 3.63) is 64.5 Å². The van der Waals surface area contributed by atoms with Gasteiger partial charge in [-0.1, -0.05) is 29.4 Å². The molecule has 1 heterocycles. The van der Waals surface area contributed by atoms with Gasteiger partial charge in [0.25, 0.3) is 6.43 Å². The third kappa shape index (κ3) is 5.30. The Morgan fingerprint density at radius 1 is 1.22 bits per heavy atom. The lowest BCUT2D eigenvalue weighted by molar-refractivity contribution is 0.129. The molecule has 2 rings (SSSR count). The van der Waals surface area contributed by atoms with Gasteiger partial charge in [-0.3, -0.25) is 9.83 Å². The van der Waals surface area contributed by atoms with Gasteiger partial charge in [0.15, 0.2) is 5.84 Å². The van der Waals surface area contributed by atoms with E-state index in [1.807, 2.05) is 25.1 Å². The Balaban J connectivity index is 2.19. The molecule has 6 nitrogen and oxygen atoms in total. The molecule has 0 fully saturated rings. The molecule has 0 aliphatic heterocycles. The topological polar surface area (TPSA) is 68.1 Å². The molecule has 0 bridgehead atoms. The Morgan fingerprint density at radius 3 is 2.63 bits per heavy atom. The number of hydrogen-bond acceptors (Lipinski definition) is 5. The van der Waals surface area contributed by atoms with Gasteiger partial charge in [-0.25, -0.2) is 19.2 Å². The van der Waals surface area contributed by atoms with E-state index < -0.39 is 6.43 Å². The Morgan fingerprint density at radius 2 is 1.96 bits per heavy atom. The standard InChI is InChI=1S/C19H22F2N4O2/c1-12-7-5-8-14(19(22-3)25-26-4)15(12)11-27-24-13(2)16-9-6-10-17(23-16)18(20)21/h5-10,18H,11H2,1-4H3,(H,22,25)/b24-13+. The zero-order valence-corrected chi connectivity index (χ0v) is 15.7. The largest absolute Gasteiger partial charge is 0.391 e. The highest BCUT2D eigenvalue weighted by Gasteiger charge is 2.13. The fourth-order valence-electron chi connectivity index (χ4n) is 2.45. The number of oxime groups is 1. The second-order valence-corrected chi connectivity index (χ2v) is 5.68. The van der Waals surface area contributed by atoms with Crippen LogP contribution in [0.15, 0.2) is 46.5 Å². The van der Waals surface area contributed by atoms with Crippen LogP contribution in [0.25, 0.3) is 0 Å². The molecule has 2 aromatic rings. The number of aliphatic imine (C=N–C) groups is 1. The number of hydroxylamine groups is 1. The van der Waals surface area contributed by atoms with Crippen molar-refractivity contribution in [2.75, 3.05) is 14.2 Å². The zero-order chi connectivity index (χ0) is 19.8. The van der Waals surface area contributed by atoms with Gasteiger partial charge in [-0.05, 0) is 31.5 Å². The molecule has 0 unspecified atom stereocenters. The second-order valence-electron chi connectivity index (χ2n) is 5.68. The maximum absolute atomic E-state index is 12.8. The molecule has 27 heavy (non-hydrogen) atoms. The van der Waals surface area contributed by atoms with E-state index in [1.54, 1.807) is 20.0 Å². The van der Waals surface area contributed by atoms with Crippen LogP contribution in [0.2, 0.25) is 0 Å². The van der Waals surface area contributed by atoms with Crippen LogP contribution in [-0.4, -0.2) is 30.7 Å². The summed E-state index contributed by atoms with van der Waals surface area (Å²) in [6.45, 7) is 3.78. The van der Waals surface area contributed by atoms with E-state index in [4.69, 9.17) is 9.68 Å². The van der Waals surface area contributed by atoms with Crippen molar-refractivity contribution in [1.29, 1.82) is 0 Å². The molecule has 1 aromatic carbocycles. The van der Waals surface area contributed by atoms with Gasteiger partial charge in [0, 0.05) is 18.2 Å². The third-order valence-corrected chi connectivity index (χ3v) is 3.86. The number of nitrogens with one attached hydrogen (secondary N) is 1. The lowest BCUT2D eigenvalue weighted by Gasteiger charge is -2.14. The van der Waals surface area contributed by atoms with Crippen molar-refractivity contribution in [2.24, 2.45) is 10.1 Å². The summed E-state index contributed by atoms with van der Waals surface area (Å²) in [4.78, 5) is 18.5. The number of halogens is 2. The van der Waals surface area contributed by atoms with Crippen LogP contribution in [0.1, 0.15) is 41.4 Å². The maximum Gasteiger partial charge on any atom is 0.280 e. The first-order valence-corrected chi connectivity index (χ1v) is 8.24. The smallest absolute Gasteiger partial charge is 0.280 e. The number of pyridine rings is 1. The van der Waals surface area contributed by atoms with Crippen LogP contribution in [0.4, 0.5) is 8.78 Å². The molecule has 0 amide bonds. The van der Waals surface area contributed by atoms with E-state index in [2.05, 4.69) is 20.6 Å². The summed E-state index contributed by atoms with van der Waals surface area (Å²) in [5.41, 5.74) is 5.90. The highest BCUT2D eigenvalue weighted by atomic mass is 19.3. The van der Waals surface area contributed by atoms with Gasteiger partial charge in [-0.15, -0.1) is 0 Å². The van der Waals surface area contributed by atoms with Gasteiger partial charge in [0.1, 0.15) is 18.0 Å². The Hall–Kier alpha value is -2.87. The van der Waals surface area contributed by atoms with Crippen LogP contribution in [0.5, 0.6) is 0 Å². The highest BCUT2D eigenvalue weighted by molar-refractivity contribution is 5.99. The Kier molecular flexibility index (Phi) is 7.36. The highest BCUT2D eigenvalue weighted by Crippen LogP contribution is 2.18. The number of amidine groups is 1. The quantitative estimate of drug-likeness (QED) is 0.453. The minimum atomic E-state index is -2.63. The minimum absolute atomic E-state index is 0.179.